The highest BCUT2D eigenvalue weighted by molar-refractivity contribution is 4.90. The van der Waals surface area contributed by atoms with E-state index in [1.807, 2.05) is 0 Å². The molecule has 0 saturated carbocycles. The third kappa shape index (κ3) is 23.5. The molecule has 0 aromatic carbocycles. The Morgan fingerprint density at radius 3 is 1.07 bits per heavy atom. The van der Waals surface area contributed by atoms with Crippen LogP contribution in [0.5, 0.6) is 0 Å². The maximum Gasteiger partial charge on any atom is 0.257 e. The topological polar surface area (TPSA) is 19.7 Å². The highest BCUT2D eigenvalue weighted by Gasteiger charge is 2.25. The van der Waals surface area contributed by atoms with Gasteiger partial charge in [-0.15, -0.1) is 0 Å². The Morgan fingerprint density at radius 1 is 0.432 bits per heavy atom. The minimum absolute atomic E-state index is 0.619. The van der Waals surface area contributed by atoms with Crippen LogP contribution in [0.1, 0.15) is 257 Å². The van der Waals surface area contributed by atoms with Crippen LogP contribution < -0.4 is 4.57 Å². The Bertz CT molecular complexity index is 653. The summed E-state index contributed by atoms with van der Waals surface area (Å²) in [4.78, 5) is 3.76. The van der Waals surface area contributed by atoms with Gasteiger partial charge < -0.3 is 0 Å². The summed E-state index contributed by atoms with van der Waals surface area (Å²) in [6.07, 6.45) is 51.6. The molecule has 1 unspecified atom stereocenters. The Kier molecular flexibility index (Phi) is 30.1. The molecule has 0 aliphatic heterocycles. The lowest BCUT2D eigenvalue weighted by atomic mass is 9.92. The van der Waals surface area contributed by atoms with Crippen molar-refractivity contribution in [1.29, 1.82) is 0 Å². The van der Waals surface area contributed by atoms with Gasteiger partial charge in [0.05, 0.1) is 12.0 Å². The number of aromatic nitrogens is 2. The number of imidazole rings is 1. The molecule has 1 atom stereocenters. The smallest absolute Gasteiger partial charge is 0.247 e. The lowest BCUT2D eigenvalue weighted by Gasteiger charge is -2.17. The molecule has 0 spiro atoms. The average Bonchev–Trinajstić information content (AvgIpc) is 3.53. The second-order valence-corrected chi connectivity index (χ2v) is 14.7. The molecular formula is C42H83N2+. The van der Waals surface area contributed by atoms with Gasteiger partial charge in [-0.05, 0) is 32.6 Å². The molecule has 0 saturated heterocycles. The predicted octanol–water partition coefficient (Wildman–Crippen LogP) is 14.9. The van der Waals surface area contributed by atoms with Crippen molar-refractivity contribution in [2.45, 2.75) is 252 Å². The highest BCUT2D eigenvalue weighted by atomic mass is 15.1. The minimum atomic E-state index is 0.619. The van der Waals surface area contributed by atoms with Gasteiger partial charge >= 0.3 is 0 Å². The van der Waals surface area contributed by atoms with Crippen LogP contribution >= 0.6 is 0 Å². The van der Waals surface area contributed by atoms with Crippen molar-refractivity contribution in [3.05, 3.63) is 18.2 Å². The number of rotatable bonds is 35. The maximum atomic E-state index is 3.76. The quantitative estimate of drug-likeness (QED) is 0.0579. The lowest BCUT2D eigenvalue weighted by Crippen LogP contribution is -2.41. The molecule has 0 radical (unpaired) electrons. The summed E-state index contributed by atoms with van der Waals surface area (Å²) in [5, 5.41) is 0. The number of aromatic amines is 1. The van der Waals surface area contributed by atoms with Crippen LogP contribution in [0.3, 0.4) is 0 Å². The molecule has 1 heterocycles. The second-order valence-electron chi connectivity index (χ2n) is 14.7. The molecular weight excluding hydrogens is 532 g/mol. The summed E-state index contributed by atoms with van der Waals surface area (Å²) in [6, 6.07) is 0.619. The summed E-state index contributed by atoms with van der Waals surface area (Å²) in [5.41, 5.74) is 0. The normalized spacial score (nSPS) is 12.5. The van der Waals surface area contributed by atoms with Crippen LogP contribution in [0.25, 0.3) is 0 Å². The standard InChI is InChI=1S/C42H82N2/c1-5-8-11-14-17-20-22-24-27-30-33-36-41(37-34-31-28-25-23-21-18-15-12-9-6-2)42-43-38-39-44(42)40(4)35-32-29-26-19-16-13-10-7-3/h38-41H,5-37H2,1-4H3/p+1. The first-order chi connectivity index (χ1) is 21.7. The van der Waals surface area contributed by atoms with Crippen molar-refractivity contribution in [3.8, 4) is 0 Å². The van der Waals surface area contributed by atoms with E-state index in [-0.39, 0.29) is 0 Å². The molecule has 1 rings (SSSR count). The van der Waals surface area contributed by atoms with Crippen molar-refractivity contribution in [2.75, 3.05) is 0 Å². The lowest BCUT2D eigenvalue weighted by molar-refractivity contribution is -0.727. The van der Waals surface area contributed by atoms with Gasteiger partial charge in [0.1, 0.15) is 12.4 Å². The summed E-state index contributed by atoms with van der Waals surface area (Å²) < 4.78 is 2.64. The van der Waals surface area contributed by atoms with Gasteiger partial charge in [-0.1, -0.05) is 207 Å². The van der Waals surface area contributed by atoms with Crippen molar-refractivity contribution in [2.24, 2.45) is 0 Å². The summed E-state index contributed by atoms with van der Waals surface area (Å²) in [5.74, 6) is 2.25. The average molecular weight is 616 g/mol. The summed E-state index contributed by atoms with van der Waals surface area (Å²) >= 11 is 0. The van der Waals surface area contributed by atoms with E-state index < -0.39 is 0 Å². The van der Waals surface area contributed by atoms with Crippen molar-refractivity contribution in [3.63, 3.8) is 0 Å². The zero-order chi connectivity index (χ0) is 31.8. The summed E-state index contributed by atoms with van der Waals surface area (Å²) in [6.45, 7) is 9.42. The van der Waals surface area contributed by atoms with Gasteiger partial charge in [-0.25, -0.2) is 9.55 Å². The van der Waals surface area contributed by atoms with Crippen LogP contribution in [-0.4, -0.2) is 4.98 Å². The molecule has 44 heavy (non-hydrogen) atoms. The fourth-order valence-corrected chi connectivity index (χ4v) is 7.31. The van der Waals surface area contributed by atoms with Crippen LogP contribution in [0.15, 0.2) is 12.4 Å². The minimum Gasteiger partial charge on any atom is -0.247 e. The third-order valence-electron chi connectivity index (χ3n) is 10.4. The first-order valence-electron chi connectivity index (χ1n) is 20.8. The second kappa shape index (κ2) is 32.2. The largest absolute Gasteiger partial charge is 0.257 e. The Hall–Kier alpha value is -0.790. The first kappa shape index (κ1) is 41.2. The number of hydrogen-bond donors (Lipinski definition) is 1. The fraction of sp³-hybridized carbons (Fsp3) is 0.929. The number of hydrogen-bond acceptors (Lipinski definition) is 0. The van der Waals surface area contributed by atoms with Crippen molar-refractivity contribution < 1.29 is 4.57 Å². The van der Waals surface area contributed by atoms with E-state index in [1.54, 1.807) is 0 Å². The molecule has 260 valence electrons. The van der Waals surface area contributed by atoms with Gasteiger partial charge in [-0.3, -0.25) is 0 Å². The fourth-order valence-electron chi connectivity index (χ4n) is 7.31. The van der Waals surface area contributed by atoms with E-state index >= 15 is 0 Å². The molecule has 1 aromatic rings. The number of H-pyrrole nitrogens is 1. The summed E-state index contributed by atoms with van der Waals surface area (Å²) in [7, 11) is 0. The van der Waals surface area contributed by atoms with Gasteiger partial charge in [-0.2, -0.15) is 0 Å². The molecule has 0 aliphatic carbocycles. The number of nitrogens with one attached hydrogen (secondary N) is 1. The van der Waals surface area contributed by atoms with Crippen molar-refractivity contribution >= 4 is 0 Å². The van der Waals surface area contributed by atoms with Crippen LogP contribution in [0.2, 0.25) is 0 Å². The van der Waals surface area contributed by atoms with Gasteiger partial charge in [0, 0.05) is 0 Å². The van der Waals surface area contributed by atoms with E-state index in [2.05, 4.69) is 49.6 Å². The Labute approximate surface area is 278 Å². The molecule has 0 aliphatic rings. The molecule has 0 fully saturated rings. The molecule has 0 amide bonds. The molecule has 2 heteroatoms. The van der Waals surface area contributed by atoms with E-state index in [0.29, 0.717) is 12.0 Å². The maximum absolute atomic E-state index is 3.76. The van der Waals surface area contributed by atoms with Crippen LogP contribution in [0, 0.1) is 0 Å². The Morgan fingerprint density at radius 2 is 0.727 bits per heavy atom. The van der Waals surface area contributed by atoms with E-state index in [0.717, 1.165) is 0 Å². The molecule has 0 bridgehead atoms. The van der Waals surface area contributed by atoms with Crippen LogP contribution in [-0.2, 0) is 0 Å². The van der Waals surface area contributed by atoms with Gasteiger partial charge in [0.25, 0.3) is 5.82 Å². The van der Waals surface area contributed by atoms with Gasteiger partial charge in [0.2, 0.25) is 0 Å². The zero-order valence-electron chi connectivity index (χ0n) is 31.1. The Balaban J connectivity index is 2.43. The number of unbranched alkanes of at least 4 members (excludes halogenated alkanes) is 27. The first-order valence-corrected chi connectivity index (χ1v) is 20.8. The SMILES string of the molecule is CCCCCCCCCCCCCC(CCCCCCCCCCCCC)c1[nH]cc[n+]1C(C)CCCCCCCCCC. The molecule has 1 N–H and O–H groups in total. The van der Waals surface area contributed by atoms with E-state index in [9.17, 15) is 0 Å². The van der Waals surface area contributed by atoms with E-state index in [1.165, 1.54) is 218 Å². The van der Waals surface area contributed by atoms with Crippen LogP contribution in [0.4, 0.5) is 0 Å². The highest BCUT2D eigenvalue weighted by Crippen LogP contribution is 2.27. The van der Waals surface area contributed by atoms with E-state index in [4.69, 9.17) is 0 Å². The molecule has 1 aromatic heterocycles. The van der Waals surface area contributed by atoms with Gasteiger partial charge in [0.15, 0.2) is 0 Å². The number of nitrogens with zero attached hydrogens (tertiary/aromatic N) is 1. The predicted molar refractivity (Wildman–Crippen MR) is 198 cm³/mol. The third-order valence-corrected chi connectivity index (χ3v) is 10.4. The molecule has 2 nitrogen and oxygen atoms in total. The van der Waals surface area contributed by atoms with Crippen molar-refractivity contribution in [1.82, 2.24) is 4.98 Å². The zero-order valence-corrected chi connectivity index (χ0v) is 31.1. The monoisotopic (exact) mass is 616 g/mol.